The minimum Gasteiger partial charge on any atom is -0.545 e. The summed E-state index contributed by atoms with van der Waals surface area (Å²) in [4.78, 5) is 49.7. The van der Waals surface area contributed by atoms with E-state index in [1.54, 1.807) is 42.5 Å². The summed E-state index contributed by atoms with van der Waals surface area (Å²) < 4.78 is 5.99. The Hall–Kier alpha value is -4.11. The molecule has 3 rings (SSSR count). The van der Waals surface area contributed by atoms with E-state index in [1.165, 1.54) is 24.3 Å². The lowest BCUT2D eigenvalue weighted by atomic mass is 10.0. The quantitative estimate of drug-likeness (QED) is 0.213. The number of Topliss-reactive ketones (excluding diaryl/α,β-unsaturated/α-hetero) is 1. The third-order valence-corrected chi connectivity index (χ3v) is 7.49. The number of amides is 1. The highest BCUT2D eigenvalue weighted by Crippen LogP contribution is 2.36. The molecule has 0 saturated carbocycles. The fraction of sp³-hybridized carbons (Fsp3) is 0.290. The molecule has 0 unspecified atom stereocenters. The summed E-state index contributed by atoms with van der Waals surface area (Å²) >= 11 is 1.01. The lowest BCUT2D eigenvalue weighted by Gasteiger charge is -2.17. The van der Waals surface area contributed by atoms with Crippen molar-refractivity contribution < 1.29 is 34.1 Å². The molecular weight excluding hydrogens is 530 g/mol. The Kier molecular flexibility index (Phi) is 11.3. The van der Waals surface area contributed by atoms with Crippen molar-refractivity contribution in [3.63, 3.8) is 0 Å². The Bertz CT molecular complexity index is 1370. The van der Waals surface area contributed by atoms with Crippen molar-refractivity contribution in [3.8, 4) is 5.75 Å². The van der Waals surface area contributed by atoms with Crippen LogP contribution in [-0.2, 0) is 4.79 Å². The van der Waals surface area contributed by atoms with Gasteiger partial charge in [0.25, 0.3) is 0 Å². The molecule has 0 spiro atoms. The minimum atomic E-state index is -1.45. The lowest BCUT2D eigenvalue weighted by molar-refractivity contribution is -0.256. The molecule has 0 aromatic heterocycles. The SMILES string of the molecule is CCCC[C@@H](CC)COc1ccccc1C(=O)CC(=O)Nc1cc(C(=O)[O-])ccc1Sc1ccccc1C(=O)[O-]. The van der Waals surface area contributed by atoms with Crippen LogP contribution in [0, 0.1) is 5.92 Å². The van der Waals surface area contributed by atoms with Crippen molar-refractivity contribution >= 4 is 41.1 Å². The first-order valence-corrected chi connectivity index (χ1v) is 13.9. The van der Waals surface area contributed by atoms with Crippen molar-refractivity contribution in [1.82, 2.24) is 0 Å². The number of hydrogen-bond donors (Lipinski definition) is 1. The van der Waals surface area contributed by atoms with Crippen LogP contribution in [0.2, 0.25) is 0 Å². The molecule has 0 aliphatic rings. The van der Waals surface area contributed by atoms with Crippen LogP contribution < -0.4 is 20.3 Å². The predicted molar refractivity (Wildman–Crippen MR) is 148 cm³/mol. The summed E-state index contributed by atoms with van der Waals surface area (Å²) in [5.41, 5.74) is 0.139. The number of ketones is 1. The van der Waals surface area contributed by atoms with Gasteiger partial charge >= 0.3 is 0 Å². The molecule has 0 fully saturated rings. The van der Waals surface area contributed by atoms with Crippen molar-refractivity contribution in [2.45, 2.75) is 55.7 Å². The van der Waals surface area contributed by atoms with E-state index in [2.05, 4.69) is 19.2 Å². The number of rotatable bonds is 15. The molecule has 0 heterocycles. The molecule has 0 saturated heterocycles. The van der Waals surface area contributed by atoms with Crippen molar-refractivity contribution in [3.05, 3.63) is 83.4 Å². The Morgan fingerprint density at radius 1 is 0.875 bits per heavy atom. The van der Waals surface area contributed by atoms with Crippen LogP contribution in [0.1, 0.15) is 77.0 Å². The second-order valence-electron chi connectivity index (χ2n) is 9.26. The number of ether oxygens (including phenoxy) is 1. The van der Waals surface area contributed by atoms with E-state index in [1.807, 2.05) is 0 Å². The summed E-state index contributed by atoms with van der Waals surface area (Å²) in [6.45, 7) is 4.70. The van der Waals surface area contributed by atoms with E-state index >= 15 is 0 Å². The number of carboxylic acids is 2. The highest BCUT2D eigenvalue weighted by atomic mass is 32.2. The number of para-hydroxylation sites is 1. The Labute approximate surface area is 237 Å². The van der Waals surface area contributed by atoms with Crippen LogP contribution in [0.3, 0.4) is 0 Å². The van der Waals surface area contributed by atoms with Gasteiger partial charge in [-0.15, -0.1) is 0 Å². The Balaban J connectivity index is 1.78. The average Bonchev–Trinajstić information content (AvgIpc) is 2.94. The predicted octanol–water partition coefficient (Wildman–Crippen LogP) is 4.37. The van der Waals surface area contributed by atoms with E-state index in [0.29, 0.717) is 28.1 Å². The molecule has 3 aromatic rings. The summed E-state index contributed by atoms with van der Waals surface area (Å²) in [7, 11) is 0. The van der Waals surface area contributed by atoms with Gasteiger partial charge in [-0.2, -0.15) is 0 Å². The van der Waals surface area contributed by atoms with Gasteiger partial charge < -0.3 is 29.9 Å². The van der Waals surface area contributed by atoms with Crippen LogP contribution in [0.4, 0.5) is 5.69 Å². The number of aromatic carboxylic acids is 2. The smallest absolute Gasteiger partial charge is 0.232 e. The summed E-state index contributed by atoms with van der Waals surface area (Å²) in [6, 6.07) is 16.8. The fourth-order valence-corrected chi connectivity index (χ4v) is 5.05. The summed E-state index contributed by atoms with van der Waals surface area (Å²) in [5.74, 6) is -3.18. The molecule has 1 N–H and O–H groups in total. The van der Waals surface area contributed by atoms with Gasteiger partial charge in [-0.3, -0.25) is 9.59 Å². The average molecular weight is 562 g/mol. The second kappa shape index (κ2) is 14.9. The highest BCUT2D eigenvalue weighted by molar-refractivity contribution is 7.99. The van der Waals surface area contributed by atoms with Crippen molar-refractivity contribution in [1.29, 1.82) is 0 Å². The van der Waals surface area contributed by atoms with E-state index in [9.17, 15) is 29.4 Å². The third kappa shape index (κ3) is 8.44. The first-order chi connectivity index (χ1) is 19.2. The van der Waals surface area contributed by atoms with Gasteiger partial charge in [0.1, 0.15) is 5.75 Å². The maximum Gasteiger partial charge on any atom is 0.232 e. The zero-order valence-corrected chi connectivity index (χ0v) is 23.3. The highest BCUT2D eigenvalue weighted by Gasteiger charge is 2.19. The number of benzene rings is 3. The molecule has 0 radical (unpaired) electrons. The molecule has 3 aromatic carbocycles. The molecular formula is C31H31NO7S-2. The molecule has 0 aliphatic heterocycles. The fourth-order valence-electron chi connectivity index (χ4n) is 4.05. The normalized spacial score (nSPS) is 11.4. The van der Waals surface area contributed by atoms with Gasteiger partial charge in [0.2, 0.25) is 5.91 Å². The summed E-state index contributed by atoms with van der Waals surface area (Å²) in [5, 5.41) is 25.6. The lowest BCUT2D eigenvalue weighted by Crippen LogP contribution is -2.23. The van der Waals surface area contributed by atoms with Crippen molar-refractivity contribution in [2.75, 3.05) is 11.9 Å². The van der Waals surface area contributed by atoms with Crippen LogP contribution in [-0.4, -0.2) is 30.2 Å². The number of nitrogens with one attached hydrogen (secondary N) is 1. The van der Waals surface area contributed by atoms with Gasteiger partial charge in [0.15, 0.2) is 5.78 Å². The monoisotopic (exact) mass is 561 g/mol. The number of carboxylic acid groups (broad SMARTS) is 2. The van der Waals surface area contributed by atoms with E-state index in [4.69, 9.17) is 4.74 Å². The third-order valence-electron chi connectivity index (χ3n) is 6.34. The zero-order valence-electron chi connectivity index (χ0n) is 22.4. The van der Waals surface area contributed by atoms with Crippen LogP contribution >= 0.6 is 11.8 Å². The molecule has 210 valence electrons. The van der Waals surface area contributed by atoms with Gasteiger partial charge in [0, 0.05) is 15.4 Å². The maximum atomic E-state index is 13.1. The molecule has 1 atom stereocenters. The molecule has 0 bridgehead atoms. The second-order valence-corrected chi connectivity index (χ2v) is 10.3. The topological polar surface area (TPSA) is 136 Å². The Morgan fingerprint density at radius 3 is 2.25 bits per heavy atom. The van der Waals surface area contributed by atoms with Crippen molar-refractivity contribution in [2.24, 2.45) is 5.92 Å². The maximum absolute atomic E-state index is 13.1. The van der Waals surface area contributed by atoms with E-state index in [-0.39, 0.29) is 22.4 Å². The molecule has 8 nitrogen and oxygen atoms in total. The van der Waals surface area contributed by atoms with Gasteiger partial charge in [-0.05, 0) is 48.2 Å². The van der Waals surface area contributed by atoms with E-state index < -0.39 is 30.0 Å². The van der Waals surface area contributed by atoms with E-state index in [0.717, 1.165) is 37.4 Å². The number of carbonyl (C=O) groups is 4. The van der Waals surface area contributed by atoms with Gasteiger partial charge in [0.05, 0.1) is 36.2 Å². The van der Waals surface area contributed by atoms with Crippen LogP contribution in [0.5, 0.6) is 5.75 Å². The van der Waals surface area contributed by atoms with Crippen LogP contribution in [0.15, 0.2) is 76.5 Å². The number of carbonyl (C=O) groups excluding carboxylic acids is 4. The molecule has 9 heteroatoms. The zero-order chi connectivity index (χ0) is 29.1. The standard InChI is InChI=1S/C31H33NO7S/c1-3-5-10-20(4-2)19-39-26-13-8-6-11-22(26)25(33)18-29(34)32-24-17-21(30(35)36)15-16-28(24)40-27-14-9-7-12-23(27)31(37)38/h6-9,11-17,20H,3-5,10,18-19H2,1-2H3,(H,32,34)(H,35,36)(H,37,38)/p-2/t20-/m1/s1. The molecule has 40 heavy (non-hydrogen) atoms. The number of hydrogen-bond acceptors (Lipinski definition) is 8. The summed E-state index contributed by atoms with van der Waals surface area (Å²) in [6.07, 6.45) is 3.67. The van der Waals surface area contributed by atoms with Crippen LogP contribution in [0.25, 0.3) is 0 Å². The first kappa shape index (κ1) is 30.4. The van der Waals surface area contributed by atoms with Gasteiger partial charge in [-0.1, -0.05) is 81.3 Å². The minimum absolute atomic E-state index is 0.0551. The molecule has 0 aliphatic carbocycles. The number of anilines is 1. The largest absolute Gasteiger partial charge is 0.545 e. The first-order valence-electron chi connectivity index (χ1n) is 13.1. The Morgan fingerprint density at radius 2 is 1.57 bits per heavy atom. The number of unbranched alkanes of at least 4 members (excludes halogenated alkanes) is 1. The van der Waals surface area contributed by atoms with Gasteiger partial charge in [-0.25, -0.2) is 0 Å². The molecule has 1 amide bonds.